The molecule has 0 aliphatic carbocycles. The lowest BCUT2D eigenvalue weighted by Crippen LogP contribution is -2.24. The normalized spacial score (nSPS) is 10.6. The monoisotopic (exact) mass is 311 g/mol. The van der Waals surface area contributed by atoms with Crippen molar-refractivity contribution < 1.29 is 9.59 Å². The first kappa shape index (κ1) is 21.1. The van der Waals surface area contributed by atoms with Crippen LogP contribution in [0.1, 0.15) is 104 Å². The average molecular weight is 312 g/mol. The van der Waals surface area contributed by atoms with Crippen LogP contribution in [0.25, 0.3) is 0 Å². The maximum Gasteiger partial charge on any atom is 0.220 e. The molecule has 0 aromatic heterocycles. The molecule has 0 saturated carbocycles. The van der Waals surface area contributed by atoms with Gasteiger partial charge in [-0.25, -0.2) is 0 Å². The third kappa shape index (κ3) is 15.5. The molecule has 0 atom stereocenters. The van der Waals surface area contributed by atoms with Crippen LogP contribution in [-0.4, -0.2) is 18.2 Å². The van der Waals surface area contributed by atoms with Crippen molar-refractivity contribution in [2.45, 2.75) is 104 Å². The van der Waals surface area contributed by atoms with Gasteiger partial charge in [-0.2, -0.15) is 0 Å². The predicted octanol–water partition coefficient (Wildman–Crippen LogP) is 5.17. The minimum Gasteiger partial charge on any atom is -0.356 e. The zero-order chi connectivity index (χ0) is 16.5. The molecule has 0 saturated heterocycles. The molecular formula is C19H37NO2. The third-order valence-electron chi connectivity index (χ3n) is 4.02. The van der Waals surface area contributed by atoms with Gasteiger partial charge in [0.15, 0.2) is 0 Å². The molecular weight excluding hydrogens is 274 g/mol. The van der Waals surface area contributed by atoms with Gasteiger partial charge in [-0.15, -0.1) is 0 Å². The summed E-state index contributed by atoms with van der Waals surface area (Å²) >= 11 is 0. The fourth-order valence-electron chi connectivity index (χ4n) is 2.54. The lowest BCUT2D eigenvalue weighted by Gasteiger charge is -2.05. The van der Waals surface area contributed by atoms with E-state index in [9.17, 15) is 9.59 Å². The van der Waals surface area contributed by atoms with Crippen LogP contribution >= 0.6 is 0 Å². The van der Waals surface area contributed by atoms with E-state index in [-0.39, 0.29) is 5.91 Å². The van der Waals surface area contributed by atoms with Crippen molar-refractivity contribution in [3.8, 4) is 0 Å². The van der Waals surface area contributed by atoms with Crippen LogP contribution in [0.15, 0.2) is 0 Å². The van der Waals surface area contributed by atoms with Crippen LogP contribution in [0.4, 0.5) is 0 Å². The molecule has 0 fully saturated rings. The first-order valence-electron chi connectivity index (χ1n) is 9.49. The van der Waals surface area contributed by atoms with Crippen molar-refractivity contribution in [2.24, 2.45) is 0 Å². The van der Waals surface area contributed by atoms with E-state index in [2.05, 4.69) is 19.2 Å². The maximum atomic E-state index is 11.7. The van der Waals surface area contributed by atoms with E-state index in [1.54, 1.807) is 0 Å². The van der Waals surface area contributed by atoms with Gasteiger partial charge in [0.2, 0.25) is 5.91 Å². The second-order valence-electron chi connectivity index (χ2n) is 6.32. The Morgan fingerprint density at radius 1 is 0.636 bits per heavy atom. The molecule has 0 heterocycles. The zero-order valence-corrected chi connectivity index (χ0v) is 14.9. The van der Waals surface area contributed by atoms with Crippen LogP contribution in [0.3, 0.4) is 0 Å². The van der Waals surface area contributed by atoms with Gasteiger partial charge >= 0.3 is 0 Å². The summed E-state index contributed by atoms with van der Waals surface area (Å²) in [5.41, 5.74) is 0. The fraction of sp³-hybridized carbons (Fsp3) is 0.895. The van der Waals surface area contributed by atoms with E-state index in [0.29, 0.717) is 31.5 Å². The summed E-state index contributed by atoms with van der Waals surface area (Å²) in [6.07, 6.45) is 14.5. The zero-order valence-electron chi connectivity index (χ0n) is 14.9. The lowest BCUT2D eigenvalue weighted by atomic mass is 10.1. The highest BCUT2D eigenvalue weighted by atomic mass is 16.1. The topological polar surface area (TPSA) is 46.2 Å². The minimum atomic E-state index is 0.103. The van der Waals surface area contributed by atoms with E-state index in [4.69, 9.17) is 0 Å². The number of Topliss-reactive ketones (excluding diaryl/α,β-unsaturated/α-hetero) is 1. The number of amides is 1. The third-order valence-corrected chi connectivity index (χ3v) is 4.02. The Bertz CT molecular complexity index is 277. The number of carbonyl (C=O) groups excluding carboxylic acids is 2. The maximum absolute atomic E-state index is 11.7. The summed E-state index contributed by atoms with van der Waals surface area (Å²) < 4.78 is 0. The second kappa shape index (κ2) is 16.5. The fourth-order valence-corrected chi connectivity index (χ4v) is 2.54. The van der Waals surface area contributed by atoms with Gasteiger partial charge in [0.05, 0.1) is 0 Å². The Morgan fingerprint density at radius 3 is 1.82 bits per heavy atom. The number of hydrogen-bond donors (Lipinski definition) is 1. The van der Waals surface area contributed by atoms with Crippen molar-refractivity contribution in [1.29, 1.82) is 0 Å². The molecule has 3 heteroatoms. The molecule has 0 unspecified atom stereocenters. The van der Waals surface area contributed by atoms with Crippen LogP contribution in [0.2, 0.25) is 0 Å². The molecule has 1 N–H and O–H groups in total. The molecule has 0 aliphatic rings. The number of ketones is 1. The highest BCUT2D eigenvalue weighted by Crippen LogP contribution is 2.08. The molecule has 0 radical (unpaired) electrons. The highest BCUT2D eigenvalue weighted by molar-refractivity contribution is 5.80. The molecule has 0 aromatic rings. The summed E-state index contributed by atoms with van der Waals surface area (Å²) in [6.45, 7) is 5.18. The SMILES string of the molecule is CCCCCCCNC(=O)CCCC(=O)CCCCCCC. The van der Waals surface area contributed by atoms with Crippen molar-refractivity contribution in [1.82, 2.24) is 5.32 Å². The number of rotatable bonds is 16. The summed E-state index contributed by atoms with van der Waals surface area (Å²) in [4.78, 5) is 23.3. The quantitative estimate of drug-likeness (QED) is 0.400. The van der Waals surface area contributed by atoms with Crippen LogP contribution in [0.5, 0.6) is 0 Å². The van der Waals surface area contributed by atoms with Crippen LogP contribution in [-0.2, 0) is 9.59 Å². The summed E-state index contributed by atoms with van der Waals surface area (Å²) in [5, 5.41) is 2.95. The number of nitrogens with one attached hydrogen (secondary N) is 1. The van der Waals surface area contributed by atoms with Crippen molar-refractivity contribution in [3.05, 3.63) is 0 Å². The molecule has 0 bridgehead atoms. The largest absolute Gasteiger partial charge is 0.356 e. The van der Waals surface area contributed by atoms with E-state index in [1.165, 1.54) is 44.9 Å². The van der Waals surface area contributed by atoms with Crippen LogP contribution < -0.4 is 5.32 Å². The average Bonchev–Trinajstić information content (AvgIpc) is 2.50. The standard InChI is InChI=1S/C19H37NO2/c1-3-5-7-9-11-14-18(21)15-13-16-19(22)20-17-12-10-8-6-4-2/h3-17H2,1-2H3,(H,20,22). The van der Waals surface area contributed by atoms with Crippen molar-refractivity contribution in [2.75, 3.05) is 6.54 Å². The van der Waals surface area contributed by atoms with Crippen molar-refractivity contribution in [3.63, 3.8) is 0 Å². The van der Waals surface area contributed by atoms with Gasteiger partial charge in [-0.05, 0) is 19.3 Å². The highest BCUT2D eigenvalue weighted by Gasteiger charge is 2.05. The Labute approximate surface area is 137 Å². The number of unbranched alkanes of at least 4 members (excludes halogenated alkanes) is 8. The van der Waals surface area contributed by atoms with E-state index in [0.717, 1.165) is 25.8 Å². The minimum absolute atomic E-state index is 0.103. The van der Waals surface area contributed by atoms with E-state index < -0.39 is 0 Å². The first-order valence-corrected chi connectivity index (χ1v) is 9.49. The van der Waals surface area contributed by atoms with E-state index in [1.807, 2.05) is 0 Å². The summed E-state index contributed by atoms with van der Waals surface area (Å²) in [5.74, 6) is 0.426. The number of hydrogen-bond acceptors (Lipinski definition) is 2. The predicted molar refractivity (Wildman–Crippen MR) is 94.0 cm³/mol. The van der Waals surface area contributed by atoms with Gasteiger partial charge in [-0.1, -0.05) is 65.2 Å². The Hall–Kier alpha value is -0.860. The van der Waals surface area contributed by atoms with Gasteiger partial charge in [0.1, 0.15) is 5.78 Å². The summed E-state index contributed by atoms with van der Waals surface area (Å²) in [7, 11) is 0. The Balaban J connectivity index is 3.34. The lowest BCUT2D eigenvalue weighted by molar-refractivity contribution is -0.121. The molecule has 0 aromatic carbocycles. The first-order chi connectivity index (χ1) is 10.7. The molecule has 0 spiro atoms. The molecule has 1 amide bonds. The molecule has 22 heavy (non-hydrogen) atoms. The van der Waals surface area contributed by atoms with E-state index >= 15 is 0 Å². The number of carbonyl (C=O) groups is 2. The molecule has 3 nitrogen and oxygen atoms in total. The van der Waals surface area contributed by atoms with Crippen molar-refractivity contribution >= 4 is 11.7 Å². The van der Waals surface area contributed by atoms with Crippen LogP contribution in [0, 0.1) is 0 Å². The van der Waals surface area contributed by atoms with Gasteiger partial charge in [0.25, 0.3) is 0 Å². The second-order valence-corrected chi connectivity index (χ2v) is 6.32. The van der Waals surface area contributed by atoms with Gasteiger partial charge in [0, 0.05) is 25.8 Å². The molecule has 130 valence electrons. The Kier molecular flexibility index (Phi) is 15.9. The molecule has 0 aliphatic heterocycles. The smallest absolute Gasteiger partial charge is 0.220 e. The summed E-state index contributed by atoms with van der Waals surface area (Å²) in [6, 6.07) is 0. The molecule has 0 rings (SSSR count). The Morgan fingerprint density at radius 2 is 1.18 bits per heavy atom. The van der Waals surface area contributed by atoms with Gasteiger partial charge in [-0.3, -0.25) is 9.59 Å². The van der Waals surface area contributed by atoms with Gasteiger partial charge < -0.3 is 5.32 Å².